The first kappa shape index (κ1) is 21.9. The third-order valence-electron chi connectivity index (χ3n) is 5.74. The first-order chi connectivity index (χ1) is 14.9. The zero-order valence-electron chi connectivity index (χ0n) is 17.8. The van der Waals surface area contributed by atoms with Crippen LogP contribution in [0.5, 0.6) is 5.75 Å². The standard InChI is InChI=1S/C24H27ClN2O3S/c1-3-17-30-23-11-12-24(20-8-5-4-7-19(20)23)31(28,29)27-15-13-26(14-16-27)22-10-6-9-21(25)18(22)2/h4-12H,3,13-17H2,1-2H3. The van der Waals surface area contributed by atoms with E-state index in [0.717, 1.165) is 33.8 Å². The van der Waals surface area contributed by atoms with E-state index < -0.39 is 10.0 Å². The molecule has 0 radical (unpaired) electrons. The maximum atomic E-state index is 13.5. The number of halogens is 1. The minimum atomic E-state index is -3.62. The van der Waals surface area contributed by atoms with E-state index in [1.807, 2.05) is 56.3 Å². The summed E-state index contributed by atoms with van der Waals surface area (Å²) < 4.78 is 34.5. The second kappa shape index (κ2) is 9.07. The molecule has 1 aliphatic heterocycles. The van der Waals surface area contributed by atoms with Crippen molar-refractivity contribution >= 4 is 38.1 Å². The number of hydrogen-bond acceptors (Lipinski definition) is 4. The van der Waals surface area contributed by atoms with Crippen LogP contribution in [0.1, 0.15) is 18.9 Å². The Balaban J connectivity index is 1.60. The molecule has 7 heteroatoms. The average molecular weight is 459 g/mol. The van der Waals surface area contributed by atoms with Crippen molar-refractivity contribution in [3.8, 4) is 5.75 Å². The van der Waals surface area contributed by atoms with E-state index in [-0.39, 0.29) is 0 Å². The third kappa shape index (κ3) is 4.25. The van der Waals surface area contributed by atoms with Crippen molar-refractivity contribution in [1.29, 1.82) is 0 Å². The van der Waals surface area contributed by atoms with Crippen LogP contribution in [0.4, 0.5) is 5.69 Å². The number of fused-ring (bicyclic) bond motifs is 1. The van der Waals surface area contributed by atoms with Crippen LogP contribution in [-0.4, -0.2) is 45.5 Å². The van der Waals surface area contributed by atoms with Crippen molar-refractivity contribution in [2.45, 2.75) is 25.2 Å². The summed E-state index contributed by atoms with van der Waals surface area (Å²) >= 11 is 6.27. The molecule has 0 saturated carbocycles. The second-order valence-corrected chi connectivity index (χ2v) is 10.0. The number of ether oxygens (including phenoxy) is 1. The topological polar surface area (TPSA) is 49.9 Å². The predicted molar refractivity (Wildman–Crippen MR) is 127 cm³/mol. The molecule has 0 aromatic heterocycles. The van der Waals surface area contributed by atoms with Crippen molar-refractivity contribution < 1.29 is 13.2 Å². The van der Waals surface area contributed by atoms with Crippen LogP contribution in [0.15, 0.2) is 59.5 Å². The minimum Gasteiger partial charge on any atom is -0.493 e. The molecule has 3 aromatic rings. The van der Waals surface area contributed by atoms with E-state index in [1.54, 1.807) is 16.4 Å². The van der Waals surface area contributed by atoms with Gasteiger partial charge in [0.1, 0.15) is 5.75 Å². The van der Waals surface area contributed by atoms with Gasteiger partial charge in [-0.25, -0.2) is 8.42 Å². The molecule has 0 N–H and O–H groups in total. The molecule has 31 heavy (non-hydrogen) atoms. The van der Waals surface area contributed by atoms with Crippen molar-refractivity contribution in [3.63, 3.8) is 0 Å². The summed E-state index contributed by atoms with van der Waals surface area (Å²) in [6.45, 7) is 6.74. The lowest BCUT2D eigenvalue weighted by molar-refractivity contribution is 0.321. The summed E-state index contributed by atoms with van der Waals surface area (Å²) in [5, 5.41) is 2.25. The monoisotopic (exact) mass is 458 g/mol. The molecule has 1 saturated heterocycles. The molecule has 0 bridgehead atoms. The average Bonchev–Trinajstić information content (AvgIpc) is 2.79. The summed E-state index contributed by atoms with van der Waals surface area (Å²) in [6, 6.07) is 16.8. The van der Waals surface area contributed by atoms with Crippen LogP contribution in [-0.2, 0) is 10.0 Å². The number of sulfonamides is 1. The highest BCUT2D eigenvalue weighted by Crippen LogP contribution is 2.34. The lowest BCUT2D eigenvalue weighted by atomic mass is 10.1. The van der Waals surface area contributed by atoms with Gasteiger partial charge in [0, 0.05) is 47.7 Å². The van der Waals surface area contributed by atoms with Gasteiger partial charge in [-0.05, 0) is 43.2 Å². The van der Waals surface area contributed by atoms with Crippen molar-refractivity contribution in [2.75, 3.05) is 37.7 Å². The lowest BCUT2D eigenvalue weighted by Crippen LogP contribution is -2.48. The summed E-state index contributed by atoms with van der Waals surface area (Å²) in [7, 11) is -3.62. The SMILES string of the molecule is CCCOc1ccc(S(=O)(=O)N2CCN(c3cccc(Cl)c3C)CC2)c2ccccc12. The van der Waals surface area contributed by atoms with Gasteiger partial charge in [-0.3, -0.25) is 0 Å². The maximum absolute atomic E-state index is 13.5. The molecule has 0 aliphatic carbocycles. The van der Waals surface area contributed by atoms with Crippen LogP contribution in [0.2, 0.25) is 5.02 Å². The molecule has 1 heterocycles. The summed E-state index contributed by atoms with van der Waals surface area (Å²) in [4.78, 5) is 2.53. The molecular weight excluding hydrogens is 432 g/mol. The first-order valence-corrected chi connectivity index (χ1v) is 12.4. The molecule has 0 atom stereocenters. The first-order valence-electron chi connectivity index (χ1n) is 10.6. The van der Waals surface area contributed by atoms with Crippen molar-refractivity contribution in [2.24, 2.45) is 0 Å². The Morgan fingerprint density at radius 3 is 2.35 bits per heavy atom. The Morgan fingerprint density at radius 2 is 1.65 bits per heavy atom. The fourth-order valence-electron chi connectivity index (χ4n) is 4.05. The molecule has 5 nitrogen and oxygen atoms in total. The molecule has 1 fully saturated rings. The minimum absolute atomic E-state index is 0.333. The zero-order valence-corrected chi connectivity index (χ0v) is 19.4. The molecule has 4 rings (SSSR count). The predicted octanol–water partition coefficient (Wildman–Crippen LogP) is 5.10. The quantitative estimate of drug-likeness (QED) is 0.515. The summed E-state index contributed by atoms with van der Waals surface area (Å²) in [5.74, 6) is 0.720. The molecule has 1 aliphatic rings. The van der Waals surface area contributed by atoms with Crippen molar-refractivity contribution in [1.82, 2.24) is 4.31 Å². The zero-order chi connectivity index (χ0) is 22.0. The van der Waals surface area contributed by atoms with Gasteiger partial charge in [0.15, 0.2) is 0 Å². The van der Waals surface area contributed by atoms with Gasteiger partial charge in [0.05, 0.1) is 11.5 Å². The fourth-order valence-corrected chi connectivity index (χ4v) is 5.84. The van der Waals surface area contributed by atoms with E-state index in [1.165, 1.54) is 0 Å². The number of hydrogen-bond donors (Lipinski definition) is 0. The highest BCUT2D eigenvalue weighted by molar-refractivity contribution is 7.89. The number of nitrogens with zero attached hydrogens (tertiary/aromatic N) is 2. The van der Waals surface area contributed by atoms with Gasteiger partial charge < -0.3 is 9.64 Å². The van der Waals surface area contributed by atoms with E-state index in [9.17, 15) is 8.42 Å². The van der Waals surface area contributed by atoms with Gasteiger partial charge in [-0.15, -0.1) is 0 Å². The van der Waals surface area contributed by atoms with Crippen molar-refractivity contribution in [3.05, 3.63) is 65.2 Å². The van der Waals surface area contributed by atoms with E-state index >= 15 is 0 Å². The molecule has 164 valence electrons. The summed E-state index contributed by atoms with van der Waals surface area (Å²) in [6.07, 6.45) is 0.894. The number of rotatable bonds is 6. The van der Waals surface area contributed by atoms with Crippen LogP contribution in [0.3, 0.4) is 0 Å². The highest BCUT2D eigenvalue weighted by Gasteiger charge is 2.30. The Bertz CT molecular complexity index is 1190. The van der Waals surface area contributed by atoms with Gasteiger partial charge in [0.25, 0.3) is 0 Å². The fraction of sp³-hybridized carbons (Fsp3) is 0.333. The van der Waals surface area contributed by atoms with Gasteiger partial charge >= 0.3 is 0 Å². The Labute approximate surface area is 189 Å². The smallest absolute Gasteiger partial charge is 0.243 e. The van der Waals surface area contributed by atoms with E-state index in [0.29, 0.717) is 43.1 Å². The van der Waals surface area contributed by atoms with Gasteiger partial charge in [-0.1, -0.05) is 48.9 Å². The Hall–Kier alpha value is -2.28. The molecule has 0 spiro atoms. The molecular formula is C24H27ClN2O3S. The van der Waals surface area contributed by atoms with Gasteiger partial charge in [-0.2, -0.15) is 4.31 Å². The van der Waals surface area contributed by atoms with E-state index in [4.69, 9.17) is 16.3 Å². The second-order valence-electron chi connectivity index (χ2n) is 7.73. The summed E-state index contributed by atoms with van der Waals surface area (Å²) in [5.41, 5.74) is 2.08. The number of anilines is 1. The Kier molecular flexibility index (Phi) is 6.42. The van der Waals surface area contributed by atoms with E-state index in [2.05, 4.69) is 4.90 Å². The molecule has 3 aromatic carbocycles. The van der Waals surface area contributed by atoms with Crippen LogP contribution in [0.25, 0.3) is 10.8 Å². The number of benzene rings is 3. The Morgan fingerprint density at radius 1 is 0.935 bits per heavy atom. The number of piperazine rings is 1. The molecule has 0 amide bonds. The lowest BCUT2D eigenvalue weighted by Gasteiger charge is -2.36. The van der Waals surface area contributed by atoms with Crippen LogP contribution >= 0.6 is 11.6 Å². The van der Waals surface area contributed by atoms with Crippen LogP contribution in [0, 0.1) is 6.92 Å². The van der Waals surface area contributed by atoms with Gasteiger partial charge in [0.2, 0.25) is 10.0 Å². The normalized spacial score (nSPS) is 15.4. The highest BCUT2D eigenvalue weighted by atomic mass is 35.5. The largest absolute Gasteiger partial charge is 0.493 e. The maximum Gasteiger partial charge on any atom is 0.243 e. The van der Waals surface area contributed by atoms with Crippen LogP contribution < -0.4 is 9.64 Å². The third-order valence-corrected chi connectivity index (χ3v) is 8.11. The molecule has 0 unspecified atom stereocenters.